The lowest BCUT2D eigenvalue weighted by atomic mass is 10.2. The maximum absolute atomic E-state index is 12.1. The highest BCUT2D eigenvalue weighted by Crippen LogP contribution is 2.32. The van der Waals surface area contributed by atoms with Crippen molar-refractivity contribution in [3.63, 3.8) is 0 Å². The highest BCUT2D eigenvalue weighted by molar-refractivity contribution is 9.10. The monoisotopic (exact) mass is 346 g/mol. The van der Waals surface area contributed by atoms with Crippen LogP contribution in [0.2, 0.25) is 0 Å². The maximum Gasteiger partial charge on any atom is 0.573 e. The number of hydrogen-bond donors (Lipinski definition) is 0. The van der Waals surface area contributed by atoms with E-state index in [0.29, 0.717) is 4.47 Å². The van der Waals surface area contributed by atoms with Crippen LogP contribution in [0.25, 0.3) is 0 Å². The highest BCUT2D eigenvalue weighted by atomic mass is 79.9. The van der Waals surface area contributed by atoms with E-state index in [1.54, 1.807) is 0 Å². The second kappa shape index (κ2) is 6.17. The molecular weight excluding hydrogens is 337 g/mol. The first-order valence-electron chi connectivity index (χ1n) is 5.66. The Morgan fingerprint density at radius 3 is 2.35 bits per heavy atom. The molecule has 0 N–H and O–H groups in total. The molecule has 0 aliphatic carbocycles. The van der Waals surface area contributed by atoms with Crippen LogP contribution in [-0.2, 0) is 6.61 Å². The fraction of sp³-hybridized carbons (Fsp3) is 0.143. The molecule has 0 spiro atoms. The molecule has 0 amide bonds. The Morgan fingerprint density at radius 2 is 1.70 bits per heavy atom. The van der Waals surface area contributed by atoms with Gasteiger partial charge in [0.1, 0.15) is 18.1 Å². The minimum absolute atomic E-state index is 0.259. The van der Waals surface area contributed by atoms with Gasteiger partial charge in [-0.1, -0.05) is 30.3 Å². The first-order valence-corrected chi connectivity index (χ1v) is 6.45. The minimum Gasteiger partial charge on any atom is -0.488 e. The van der Waals surface area contributed by atoms with Crippen LogP contribution in [0.4, 0.5) is 13.2 Å². The molecule has 0 unspecified atom stereocenters. The third-order valence-electron chi connectivity index (χ3n) is 2.37. The molecule has 6 heteroatoms. The summed E-state index contributed by atoms with van der Waals surface area (Å²) in [6, 6.07) is 13.2. The Balaban J connectivity index is 2.09. The van der Waals surface area contributed by atoms with Crippen molar-refractivity contribution in [1.82, 2.24) is 0 Å². The summed E-state index contributed by atoms with van der Waals surface area (Å²) in [6.45, 7) is 0.259. The predicted molar refractivity (Wildman–Crippen MR) is 71.6 cm³/mol. The minimum atomic E-state index is -4.72. The molecule has 0 aliphatic heterocycles. The quantitative estimate of drug-likeness (QED) is 0.781. The van der Waals surface area contributed by atoms with Crippen molar-refractivity contribution in [3.05, 3.63) is 58.6 Å². The Kier molecular flexibility index (Phi) is 4.54. The van der Waals surface area contributed by atoms with Crippen LogP contribution >= 0.6 is 15.9 Å². The number of ether oxygens (including phenoxy) is 2. The van der Waals surface area contributed by atoms with Crippen molar-refractivity contribution < 1.29 is 22.6 Å². The van der Waals surface area contributed by atoms with Crippen molar-refractivity contribution >= 4 is 15.9 Å². The predicted octanol–water partition coefficient (Wildman–Crippen LogP) is 4.93. The molecule has 0 aromatic heterocycles. The zero-order valence-corrected chi connectivity index (χ0v) is 11.7. The number of benzene rings is 2. The van der Waals surface area contributed by atoms with E-state index in [9.17, 15) is 13.2 Å². The number of hydrogen-bond acceptors (Lipinski definition) is 2. The Hall–Kier alpha value is -1.69. The van der Waals surface area contributed by atoms with E-state index >= 15 is 0 Å². The molecule has 20 heavy (non-hydrogen) atoms. The molecule has 2 nitrogen and oxygen atoms in total. The Morgan fingerprint density at radius 1 is 1.00 bits per heavy atom. The smallest absolute Gasteiger partial charge is 0.488 e. The molecule has 0 saturated heterocycles. The summed E-state index contributed by atoms with van der Waals surface area (Å²) in [5, 5.41) is 0. The van der Waals surface area contributed by atoms with E-state index in [2.05, 4.69) is 20.7 Å². The molecule has 2 rings (SSSR count). The fourth-order valence-corrected chi connectivity index (χ4v) is 1.89. The van der Waals surface area contributed by atoms with Gasteiger partial charge in [0.15, 0.2) is 0 Å². The molecule has 0 bridgehead atoms. The lowest BCUT2D eigenvalue weighted by Gasteiger charge is -2.12. The molecule has 0 atom stereocenters. The highest BCUT2D eigenvalue weighted by Gasteiger charge is 2.31. The van der Waals surface area contributed by atoms with Gasteiger partial charge in [0.05, 0.1) is 4.47 Å². The van der Waals surface area contributed by atoms with Gasteiger partial charge in [0.25, 0.3) is 0 Å². The van der Waals surface area contributed by atoms with Gasteiger partial charge in [-0.3, -0.25) is 0 Å². The Bertz CT molecular complexity index is 570. The van der Waals surface area contributed by atoms with Crippen molar-refractivity contribution in [2.45, 2.75) is 13.0 Å². The molecule has 106 valence electrons. The van der Waals surface area contributed by atoms with Crippen LogP contribution in [-0.4, -0.2) is 6.36 Å². The molecule has 2 aromatic carbocycles. The molecule has 0 fully saturated rings. The zero-order chi connectivity index (χ0) is 14.6. The van der Waals surface area contributed by atoms with Gasteiger partial charge in [-0.25, -0.2) is 0 Å². The number of halogens is 4. The van der Waals surface area contributed by atoms with Crippen LogP contribution in [0.15, 0.2) is 53.0 Å². The SMILES string of the molecule is FC(F)(F)Oc1ccc(Br)c(OCc2ccccc2)c1. The summed E-state index contributed by atoms with van der Waals surface area (Å²) >= 11 is 3.22. The summed E-state index contributed by atoms with van der Waals surface area (Å²) in [4.78, 5) is 0. The van der Waals surface area contributed by atoms with Gasteiger partial charge >= 0.3 is 6.36 Å². The standard InChI is InChI=1S/C14H10BrF3O2/c15-12-7-6-11(20-14(16,17)18)8-13(12)19-9-10-4-2-1-3-5-10/h1-8H,9H2. The second-order valence-corrected chi connectivity index (χ2v) is 4.77. The van der Waals surface area contributed by atoms with Gasteiger partial charge in [0, 0.05) is 6.07 Å². The maximum atomic E-state index is 12.1. The third-order valence-corrected chi connectivity index (χ3v) is 3.03. The first-order chi connectivity index (χ1) is 9.44. The van der Waals surface area contributed by atoms with Crippen molar-refractivity contribution in [2.75, 3.05) is 0 Å². The van der Waals surface area contributed by atoms with Crippen LogP contribution in [0, 0.1) is 0 Å². The van der Waals surface area contributed by atoms with Gasteiger partial charge in [-0.15, -0.1) is 13.2 Å². The topological polar surface area (TPSA) is 18.5 Å². The van der Waals surface area contributed by atoms with E-state index in [0.717, 1.165) is 5.56 Å². The molecule has 0 aliphatic rings. The van der Waals surface area contributed by atoms with E-state index in [1.807, 2.05) is 30.3 Å². The lowest BCUT2D eigenvalue weighted by molar-refractivity contribution is -0.274. The van der Waals surface area contributed by atoms with E-state index in [-0.39, 0.29) is 18.1 Å². The molecular formula is C14H10BrF3O2. The molecule has 2 aromatic rings. The normalized spacial score (nSPS) is 11.2. The summed E-state index contributed by atoms with van der Waals surface area (Å²) in [7, 11) is 0. The number of alkyl halides is 3. The molecule has 0 heterocycles. The van der Waals surface area contributed by atoms with Gasteiger partial charge in [-0.2, -0.15) is 0 Å². The van der Waals surface area contributed by atoms with Crippen molar-refractivity contribution in [2.24, 2.45) is 0 Å². The van der Waals surface area contributed by atoms with Crippen LogP contribution in [0.3, 0.4) is 0 Å². The number of rotatable bonds is 4. The Labute approximate surface area is 122 Å². The molecule has 0 saturated carbocycles. The summed E-state index contributed by atoms with van der Waals surface area (Å²) < 4.78 is 46.3. The first kappa shape index (κ1) is 14.7. The molecule has 0 radical (unpaired) electrons. The average Bonchev–Trinajstić information content (AvgIpc) is 2.39. The van der Waals surface area contributed by atoms with Crippen molar-refractivity contribution in [3.8, 4) is 11.5 Å². The van der Waals surface area contributed by atoms with E-state index < -0.39 is 6.36 Å². The van der Waals surface area contributed by atoms with Crippen LogP contribution in [0.5, 0.6) is 11.5 Å². The fourth-order valence-electron chi connectivity index (χ4n) is 1.53. The second-order valence-electron chi connectivity index (χ2n) is 3.91. The zero-order valence-electron chi connectivity index (χ0n) is 10.2. The lowest BCUT2D eigenvalue weighted by Crippen LogP contribution is -2.17. The van der Waals surface area contributed by atoms with Gasteiger partial charge in [0.2, 0.25) is 0 Å². The largest absolute Gasteiger partial charge is 0.573 e. The summed E-state index contributed by atoms with van der Waals surface area (Å²) in [5.41, 5.74) is 0.918. The van der Waals surface area contributed by atoms with Crippen LogP contribution in [0.1, 0.15) is 5.56 Å². The average molecular weight is 347 g/mol. The summed E-state index contributed by atoms with van der Waals surface area (Å²) in [5.74, 6) is -0.0284. The summed E-state index contributed by atoms with van der Waals surface area (Å²) in [6.07, 6.45) is -4.72. The van der Waals surface area contributed by atoms with E-state index in [1.165, 1.54) is 18.2 Å². The van der Waals surface area contributed by atoms with E-state index in [4.69, 9.17) is 4.74 Å². The van der Waals surface area contributed by atoms with Crippen molar-refractivity contribution in [1.29, 1.82) is 0 Å². The van der Waals surface area contributed by atoms with Crippen LogP contribution < -0.4 is 9.47 Å². The van der Waals surface area contributed by atoms with Gasteiger partial charge in [-0.05, 0) is 33.6 Å². The third kappa shape index (κ3) is 4.45. The van der Waals surface area contributed by atoms with Gasteiger partial charge < -0.3 is 9.47 Å².